The highest BCUT2D eigenvalue weighted by Crippen LogP contribution is 2.31. The zero-order valence-electron chi connectivity index (χ0n) is 12.6. The molecule has 0 saturated carbocycles. The van der Waals surface area contributed by atoms with E-state index in [2.05, 4.69) is 48.9 Å². The lowest BCUT2D eigenvalue weighted by atomic mass is 10.2. The Balaban J connectivity index is 1.62. The van der Waals surface area contributed by atoms with Crippen molar-refractivity contribution in [3.63, 3.8) is 0 Å². The van der Waals surface area contributed by atoms with E-state index < -0.39 is 0 Å². The molecule has 0 atom stereocenters. The molecule has 8 heteroatoms. The summed E-state index contributed by atoms with van der Waals surface area (Å²) in [5.74, 6) is 1.37. The van der Waals surface area contributed by atoms with Crippen molar-refractivity contribution in [1.29, 1.82) is 0 Å². The fraction of sp³-hybridized carbons (Fsp3) is 0.333. The van der Waals surface area contributed by atoms with E-state index >= 15 is 0 Å². The second-order valence-corrected chi connectivity index (χ2v) is 7.45. The lowest BCUT2D eigenvalue weighted by Crippen LogP contribution is -2.33. The first kappa shape index (κ1) is 18.4. The van der Waals surface area contributed by atoms with E-state index in [1.807, 2.05) is 18.3 Å². The molecule has 0 aliphatic heterocycles. The summed E-state index contributed by atoms with van der Waals surface area (Å²) >= 11 is 10.2. The summed E-state index contributed by atoms with van der Waals surface area (Å²) in [6.07, 6.45) is 5.39. The summed E-state index contributed by atoms with van der Waals surface area (Å²) in [7, 11) is 0. The molecule has 0 saturated heterocycles. The van der Waals surface area contributed by atoms with Gasteiger partial charge in [0.05, 0.1) is 11.3 Å². The maximum atomic E-state index is 6.20. The van der Waals surface area contributed by atoms with Gasteiger partial charge in [0.2, 0.25) is 0 Å². The molecule has 0 bridgehead atoms. The van der Waals surface area contributed by atoms with Crippen LogP contribution in [0.2, 0.25) is 5.02 Å². The number of aliphatic imine (C=N–C) groups is 1. The summed E-state index contributed by atoms with van der Waals surface area (Å²) in [5.41, 5.74) is 6.98. The van der Waals surface area contributed by atoms with E-state index in [1.54, 1.807) is 18.1 Å². The minimum atomic E-state index is 0.490. The van der Waals surface area contributed by atoms with Gasteiger partial charge in [-0.1, -0.05) is 17.7 Å². The lowest BCUT2D eigenvalue weighted by Gasteiger charge is -2.08. The fourth-order valence-corrected chi connectivity index (χ4v) is 4.18. The van der Waals surface area contributed by atoms with Crippen molar-refractivity contribution in [1.82, 2.24) is 15.3 Å². The van der Waals surface area contributed by atoms with E-state index in [4.69, 9.17) is 17.3 Å². The molecular weight excluding hydrogens is 445 g/mol. The molecule has 2 aromatic rings. The summed E-state index contributed by atoms with van der Waals surface area (Å²) in [6, 6.07) is 5.92. The largest absolute Gasteiger partial charge is 0.370 e. The summed E-state index contributed by atoms with van der Waals surface area (Å²) < 4.78 is 1.17. The van der Waals surface area contributed by atoms with Gasteiger partial charge in [-0.05, 0) is 47.6 Å². The zero-order valence-corrected chi connectivity index (χ0v) is 16.3. The van der Waals surface area contributed by atoms with Gasteiger partial charge in [-0.15, -0.1) is 11.8 Å². The SMILES string of the molecule is NC(=NCCCc1cnc[nH]1)NCCSc1c(Cl)cccc1I. The number of imidazole rings is 1. The molecule has 0 fully saturated rings. The molecule has 0 radical (unpaired) electrons. The number of rotatable bonds is 8. The third-order valence-electron chi connectivity index (χ3n) is 3.01. The number of aryl methyl sites for hydroxylation is 1. The molecule has 1 aromatic heterocycles. The second-order valence-electron chi connectivity index (χ2n) is 4.77. The third-order valence-corrected chi connectivity index (χ3v) is 5.84. The molecule has 2 rings (SSSR count). The van der Waals surface area contributed by atoms with E-state index in [9.17, 15) is 0 Å². The highest BCUT2D eigenvalue weighted by atomic mass is 127. The molecule has 1 aromatic carbocycles. The van der Waals surface area contributed by atoms with Crippen molar-refractivity contribution in [2.75, 3.05) is 18.8 Å². The number of guanidine groups is 1. The van der Waals surface area contributed by atoms with Gasteiger partial charge in [-0.3, -0.25) is 4.99 Å². The van der Waals surface area contributed by atoms with Crippen LogP contribution in [0.15, 0.2) is 40.6 Å². The Bertz CT molecular complexity index is 613. The van der Waals surface area contributed by atoms with E-state index in [0.717, 1.165) is 40.8 Å². The smallest absolute Gasteiger partial charge is 0.188 e. The molecule has 4 N–H and O–H groups in total. The Labute approximate surface area is 159 Å². The highest BCUT2D eigenvalue weighted by molar-refractivity contribution is 14.1. The second kappa shape index (κ2) is 10.0. The minimum absolute atomic E-state index is 0.490. The van der Waals surface area contributed by atoms with Gasteiger partial charge in [0.25, 0.3) is 0 Å². The van der Waals surface area contributed by atoms with Crippen molar-refractivity contribution in [3.05, 3.63) is 45.0 Å². The van der Waals surface area contributed by atoms with Crippen LogP contribution in [-0.2, 0) is 6.42 Å². The summed E-state index contributed by atoms with van der Waals surface area (Å²) in [6.45, 7) is 1.45. The normalized spacial score (nSPS) is 11.7. The van der Waals surface area contributed by atoms with Gasteiger partial charge >= 0.3 is 0 Å². The van der Waals surface area contributed by atoms with E-state index in [1.165, 1.54) is 3.57 Å². The van der Waals surface area contributed by atoms with Crippen LogP contribution in [0.5, 0.6) is 0 Å². The minimum Gasteiger partial charge on any atom is -0.370 e. The first-order valence-electron chi connectivity index (χ1n) is 7.24. The average Bonchev–Trinajstić information content (AvgIpc) is 3.04. The van der Waals surface area contributed by atoms with Crippen molar-refractivity contribution in [3.8, 4) is 0 Å². The standard InChI is InChI=1S/C15H19ClIN5S/c16-12-4-1-5-13(17)14(12)23-8-7-21-15(18)20-6-2-3-11-9-19-10-22-11/h1,4-5,9-10H,2-3,6-8H2,(H,19,22)(H3,18,20,21). The van der Waals surface area contributed by atoms with Gasteiger partial charge < -0.3 is 16.0 Å². The number of nitrogens with two attached hydrogens (primary N) is 1. The predicted molar refractivity (Wildman–Crippen MR) is 106 cm³/mol. The quantitative estimate of drug-likeness (QED) is 0.185. The van der Waals surface area contributed by atoms with Crippen molar-refractivity contribution in [2.24, 2.45) is 10.7 Å². The van der Waals surface area contributed by atoms with E-state index in [-0.39, 0.29) is 0 Å². The van der Waals surface area contributed by atoms with Crippen molar-refractivity contribution in [2.45, 2.75) is 17.7 Å². The molecular formula is C15H19ClIN5S. The maximum Gasteiger partial charge on any atom is 0.188 e. The average molecular weight is 464 g/mol. The molecule has 23 heavy (non-hydrogen) atoms. The highest BCUT2D eigenvalue weighted by Gasteiger charge is 2.05. The number of nitrogens with zero attached hydrogens (tertiary/aromatic N) is 2. The number of aromatic nitrogens is 2. The van der Waals surface area contributed by atoms with Gasteiger partial charge in [0, 0.05) is 39.2 Å². The summed E-state index contributed by atoms with van der Waals surface area (Å²) in [5, 5.41) is 3.92. The van der Waals surface area contributed by atoms with Crippen LogP contribution in [0.1, 0.15) is 12.1 Å². The number of aromatic amines is 1. The molecule has 0 aliphatic carbocycles. The van der Waals surface area contributed by atoms with Crippen LogP contribution < -0.4 is 11.1 Å². The van der Waals surface area contributed by atoms with Crippen LogP contribution in [0, 0.1) is 3.57 Å². The van der Waals surface area contributed by atoms with Crippen LogP contribution in [0.25, 0.3) is 0 Å². The number of H-pyrrole nitrogens is 1. The molecule has 5 nitrogen and oxygen atoms in total. The molecule has 1 heterocycles. The van der Waals surface area contributed by atoms with Crippen LogP contribution in [0.3, 0.4) is 0 Å². The van der Waals surface area contributed by atoms with Gasteiger partial charge in [-0.2, -0.15) is 0 Å². The Kier molecular flexibility index (Phi) is 8.04. The van der Waals surface area contributed by atoms with Gasteiger partial charge in [0.1, 0.15) is 0 Å². The third kappa shape index (κ3) is 6.60. The van der Waals surface area contributed by atoms with Gasteiger partial charge in [0.15, 0.2) is 5.96 Å². The molecule has 124 valence electrons. The number of halogens is 2. The number of nitrogens with one attached hydrogen (secondary N) is 2. The lowest BCUT2D eigenvalue weighted by molar-refractivity contribution is 0.806. The number of benzene rings is 1. The summed E-state index contributed by atoms with van der Waals surface area (Å²) in [4.78, 5) is 12.5. The Morgan fingerprint density at radius 3 is 3.09 bits per heavy atom. The van der Waals surface area contributed by atoms with Crippen molar-refractivity contribution < 1.29 is 0 Å². The first-order valence-corrected chi connectivity index (χ1v) is 9.69. The Hall–Kier alpha value is -0.930. The fourth-order valence-electron chi connectivity index (χ4n) is 1.90. The monoisotopic (exact) mass is 463 g/mol. The molecule has 0 spiro atoms. The van der Waals surface area contributed by atoms with Crippen LogP contribution >= 0.6 is 46.0 Å². The van der Waals surface area contributed by atoms with Crippen LogP contribution in [0.4, 0.5) is 0 Å². The molecule has 0 aliphatic rings. The van der Waals surface area contributed by atoms with Crippen LogP contribution in [-0.4, -0.2) is 34.8 Å². The van der Waals surface area contributed by atoms with Gasteiger partial charge in [-0.25, -0.2) is 4.98 Å². The topological polar surface area (TPSA) is 79.1 Å². The Morgan fingerprint density at radius 1 is 1.48 bits per heavy atom. The Morgan fingerprint density at radius 2 is 2.35 bits per heavy atom. The van der Waals surface area contributed by atoms with Crippen molar-refractivity contribution >= 4 is 51.9 Å². The number of hydrogen-bond donors (Lipinski definition) is 3. The number of thioether (sulfide) groups is 1. The predicted octanol–water partition coefficient (Wildman–Crippen LogP) is 3.30. The van der Waals surface area contributed by atoms with E-state index in [0.29, 0.717) is 12.5 Å². The molecule has 0 amide bonds. The number of hydrogen-bond acceptors (Lipinski definition) is 3. The molecule has 0 unspecified atom stereocenters. The zero-order chi connectivity index (χ0) is 16.5. The maximum absolute atomic E-state index is 6.20. The first-order chi connectivity index (χ1) is 11.2.